The maximum absolute atomic E-state index is 3.60. The van der Waals surface area contributed by atoms with E-state index in [-0.39, 0.29) is 0 Å². The maximum Gasteiger partial charge on any atom is 0.0425 e. The van der Waals surface area contributed by atoms with Gasteiger partial charge in [-0.15, -0.1) is 0 Å². The third kappa shape index (κ3) is 2.89. The highest BCUT2D eigenvalue weighted by Crippen LogP contribution is 2.33. The summed E-state index contributed by atoms with van der Waals surface area (Å²) in [5, 5.41) is 3.34. The Labute approximate surface area is 119 Å². The fourth-order valence-electron chi connectivity index (χ4n) is 2.83. The number of hydrogen-bond donors (Lipinski definition) is 1. The van der Waals surface area contributed by atoms with Gasteiger partial charge >= 0.3 is 0 Å². The van der Waals surface area contributed by atoms with Crippen molar-refractivity contribution in [2.24, 2.45) is 0 Å². The summed E-state index contributed by atoms with van der Waals surface area (Å²) in [6, 6.07) is 7.71. The van der Waals surface area contributed by atoms with E-state index in [1.165, 1.54) is 36.9 Å². The molecule has 1 atom stereocenters. The first-order valence-electron chi connectivity index (χ1n) is 6.83. The molecule has 0 saturated heterocycles. The molecule has 1 aromatic rings. The molecule has 2 rings (SSSR count). The van der Waals surface area contributed by atoms with Crippen molar-refractivity contribution in [1.82, 2.24) is 5.32 Å². The summed E-state index contributed by atoms with van der Waals surface area (Å²) in [6.07, 6.45) is 5.41. The van der Waals surface area contributed by atoms with Crippen molar-refractivity contribution in [3.05, 3.63) is 28.2 Å². The fraction of sp³-hybridized carbons (Fsp3) is 0.600. The molecule has 0 bridgehead atoms. The summed E-state index contributed by atoms with van der Waals surface area (Å²) >= 11 is 3.60. The van der Waals surface area contributed by atoms with Gasteiger partial charge in [-0.2, -0.15) is 0 Å². The second-order valence-electron chi connectivity index (χ2n) is 5.26. The summed E-state index contributed by atoms with van der Waals surface area (Å²) in [4.78, 5) is 2.47. The van der Waals surface area contributed by atoms with Gasteiger partial charge in [0.1, 0.15) is 0 Å². The number of halogens is 1. The molecule has 0 radical (unpaired) electrons. The van der Waals surface area contributed by atoms with E-state index in [2.05, 4.69) is 58.3 Å². The molecule has 1 aliphatic rings. The maximum atomic E-state index is 3.60. The van der Waals surface area contributed by atoms with Crippen LogP contribution in [0.5, 0.6) is 0 Å². The van der Waals surface area contributed by atoms with E-state index >= 15 is 0 Å². The van der Waals surface area contributed by atoms with Crippen molar-refractivity contribution in [3.63, 3.8) is 0 Å². The lowest BCUT2D eigenvalue weighted by atomic mass is 10.0. The molecule has 0 spiro atoms. The highest BCUT2D eigenvalue weighted by molar-refractivity contribution is 9.10. The molecular formula is C15H23BrN2. The van der Waals surface area contributed by atoms with Gasteiger partial charge in [0.2, 0.25) is 0 Å². The number of nitrogens with zero attached hydrogens (tertiary/aromatic N) is 1. The molecule has 1 aliphatic carbocycles. The van der Waals surface area contributed by atoms with Crippen LogP contribution in [-0.2, 0) is 0 Å². The third-order valence-corrected chi connectivity index (χ3v) is 4.64. The van der Waals surface area contributed by atoms with Crippen LogP contribution >= 0.6 is 15.9 Å². The lowest BCUT2D eigenvalue weighted by Gasteiger charge is -2.30. The van der Waals surface area contributed by atoms with E-state index in [1.807, 2.05) is 7.05 Å². The Kier molecular flexibility index (Phi) is 4.68. The normalized spacial score (nSPS) is 18.0. The van der Waals surface area contributed by atoms with Crippen LogP contribution in [0.1, 0.15) is 44.2 Å². The molecule has 0 aromatic heterocycles. The van der Waals surface area contributed by atoms with Crippen LogP contribution in [0.3, 0.4) is 0 Å². The predicted molar refractivity (Wildman–Crippen MR) is 82.3 cm³/mol. The molecule has 1 unspecified atom stereocenters. The minimum absolute atomic E-state index is 0.386. The van der Waals surface area contributed by atoms with Gasteiger partial charge in [0.15, 0.2) is 0 Å². The van der Waals surface area contributed by atoms with Gasteiger partial charge < -0.3 is 10.2 Å². The molecule has 0 aliphatic heterocycles. The Morgan fingerprint density at radius 3 is 2.61 bits per heavy atom. The summed E-state index contributed by atoms with van der Waals surface area (Å²) in [5.41, 5.74) is 2.74. The van der Waals surface area contributed by atoms with E-state index in [9.17, 15) is 0 Å². The van der Waals surface area contributed by atoms with E-state index in [0.717, 1.165) is 4.47 Å². The topological polar surface area (TPSA) is 15.3 Å². The Hall–Kier alpha value is -0.540. The molecule has 0 amide bonds. The van der Waals surface area contributed by atoms with Crippen molar-refractivity contribution >= 4 is 21.6 Å². The number of rotatable bonds is 4. The fourth-order valence-corrected chi connectivity index (χ4v) is 3.18. The van der Waals surface area contributed by atoms with Gasteiger partial charge in [-0.1, -0.05) is 34.8 Å². The summed E-state index contributed by atoms with van der Waals surface area (Å²) in [6.45, 7) is 2.22. The molecule has 0 heterocycles. The SMILES string of the molecule is CNC(C)c1ccc(Br)cc1N(C)C1CCCC1. The first kappa shape index (κ1) is 13.9. The van der Waals surface area contributed by atoms with Gasteiger partial charge in [0, 0.05) is 29.3 Å². The van der Waals surface area contributed by atoms with E-state index in [1.54, 1.807) is 0 Å². The summed E-state index contributed by atoms with van der Waals surface area (Å²) in [7, 11) is 4.26. The van der Waals surface area contributed by atoms with Crippen molar-refractivity contribution in [3.8, 4) is 0 Å². The van der Waals surface area contributed by atoms with Crippen LogP contribution in [0.4, 0.5) is 5.69 Å². The largest absolute Gasteiger partial charge is 0.371 e. The standard InChI is InChI=1S/C15H23BrN2/c1-11(17-2)14-9-8-12(16)10-15(14)18(3)13-6-4-5-7-13/h8-11,13,17H,4-7H2,1-3H3. The Balaban J connectivity index is 2.31. The lowest BCUT2D eigenvalue weighted by molar-refractivity contribution is 0.624. The first-order valence-corrected chi connectivity index (χ1v) is 7.62. The number of anilines is 1. The molecule has 1 aromatic carbocycles. The third-order valence-electron chi connectivity index (χ3n) is 4.14. The highest BCUT2D eigenvalue weighted by atomic mass is 79.9. The molecule has 100 valence electrons. The second kappa shape index (κ2) is 6.07. The number of hydrogen-bond acceptors (Lipinski definition) is 2. The van der Waals surface area contributed by atoms with Crippen molar-refractivity contribution in [2.75, 3.05) is 19.0 Å². The Bertz CT molecular complexity index is 399. The predicted octanol–water partition coefficient (Wildman–Crippen LogP) is 4.11. The van der Waals surface area contributed by atoms with Crippen LogP contribution in [-0.4, -0.2) is 20.1 Å². The monoisotopic (exact) mass is 310 g/mol. The molecule has 18 heavy (non-hydrogen) atoms. The van der Waals surface area contributed by atoms with Gasteiger partial charge in [-0.3, -0.25) is 0 Å². The van der Waals surface area contributed by atoms with Crippen molar-refractivity contribution in [2.45, 2.75) is 44.7 Å². The van der Waals surface area contributed by atoms with Crippen molar-refractivity contribution in [1.29, 1.82) is 0 Å². The second-order valence-corrected chi connectivity index (χ2v) is 6.18. The molecule has 1 fully saturated rings. The Morgan fingerprint density at radius 1 is 1.33 bits per heavy atom. The van der Waals surface area contributed by atoms with E-state index in [0.29, 0.717) is 12.1 Å². The quantitative estimate of drug-likeness (QED) is 0.900. The molecule has 2 nitrogen and oxygen atoms in total. The lowest BCUT2D eigenvalue weighted by Crippen LogP contribution is -2.30. The van der Waals surface area contributed by atoms with Crippen molar-refractivity contribution < 1.29 is 0 Å². The average molecular weight is 311 g/mol. The summed E-state index contributed by atoms with van der Waals surface area (Å²) in [5.74, 6) is 0. The molecule has 1 saturated carbocycles. The number of benzene rings is 1. The average Bonchev–Trinajstić information content (AvgIpc) is 2.90. The molecule has 1 N–H and O–H groups in total. The molecular weight excluding hydrogens is 288 g/mol. The minimum atomic E-state index is 0.386. The van der Waals surface area contributed by atoms with Crippen LogP contribution in [0.25, 0.3) is 0 Å². The van der Waals surface area contributed by atoms with Gasteiger partial charge in [-0.25, -0.2) is 0 Å². The molecule has 3 heteroatoms. The van der Waals surface area contributed by atoms with Gasteiger partial charge in [0.25, 0.3) is 0 Å². The van der Waals surface area contributed by atoms with Crippen LogP contribution in [0.15, 0.2) is 22.7 Å². The number of nitrogens with one attached hydrogen (secondary N) is 1. The van der Waals surface area contributed by atoms with Crippen LogP contribution in [0, 0.1) is 0 Å². The van der Waals surface area contributed by atoms with E-state index < -0.39 is 0 Å². The zero-order valence-corrected chi connectivity index (χ0v) is 13.1. The van der Waals surface area contributed by atoms with E-state index in [4.69, 9.17) is 0 Å². The zero-order chi connectivity index (χ0) is 13.1. The highest BCUT2D eigenvalue weighted by Gasteiger charge is 2.22. The van der Waals surface area contributed by atoms with Crippen LogP contribution in [0.2, 0.25) is 0 Å². The Morgan fingerprint density at radius 2 is 2.00 bits per heavy atom. The zero-order valence-electron chi connectivity index (χ0n) is 11.5. The smallest absolute Gasteiger partial charge is 0.0425 e. The van der Waals surface area contributed by atoms with Gasteiger partial charge in [-0.05, 0) is 44.5 Å². The summed E-state index contributed by atoms with van der Waals surface area (Å²) < 4.78 is 1.16. The van der Waals surface area contributed by atoms with Crippen LogP contribution < -0.4 is 10.2 Å². The minimum Gasteiger partial charge on any atom is -0.371 e. The first-order chi connectivity index (χ1) is 8.63. The van der Waals surface area contributed by atoms with Gasteiger partial charge in [0.05, 0.1) is 0 Å².